The molecule has 55 heavy (non-hydrogen) atoms. The van der Waals surface area contributed by atoms with Crippen LogP contribution in [0, 0.1) is 0 Å². The van der Waals surface area contributed by atoms with Crippen molar-refractivity contribution in [3.05, 3.63) is 182 Å². The minimum Gasteiger partial charge on any atom is -0.454 e. The molecule has 5 heteroatoms. The molecular weight excluding hydrogens is 673 g/mol. The predicted octanol–water partition coefficient (Wildman–Crippen LogP) is 13.0. The lowest BCUT2D eigenvalue weighted by Gasteiger charge is -2.12. The van der Waals surface area contributed by atoms with Crippen LogP contribution in [0.15, 0.2) is 186 Å². The van der Waals surface area contributed by atoms with Gasteiger partial charge in [-0.3, -0.25) is 0 Å². The van der Waals surface area contributed by atoms with Crippen LogP contribution in [0.25, 0.3) is 111 Å². The Hall–Kier alpha value is -7.50. The van der Waals surface area contributed by atoms with Crippen LogP contribution in [-0.4, -0.2) is 19.9 Å². The van der Waals surface area contributed by atoms with Gasteiger partial charge in [-0.25, -0.2) is 19.9 Å². The largest absolute Gasteiger partial charge is 0.454 e. The van der Waals surface area contributed by atoms with E-state index in [-0.39, 0.29) is 0 Å². The molecule has 256 valence electrons. The molecule has 3 heterocycles. The number of nitrogens with zero attached hydrogens (tertiary/aromatic N) is 4. The van der Waals surface area contributed by atoms with Crippen molar-refractivity contribution in [2.45, 2.75) is 0 Å². The summed E-state index contributed by atoms with van der Waals surface area (Å²) in [5.41, 5.74) is 9.32. The molecule has 0 aliphatic rings. The summed E-state index contributed by atoms with van der Waals surface area (Å²) in [5, 5.41) is 8.00. The van der Waals surface area contributed by atoms with Crippen LogP contribution < -0.4 is 0 Å². The highest BCUT2D eigenvalue weighted by atomic mass is 16.3. The zero-order valence-electron chi connectivity index (χ0n) is 29.5. The summed E-state index contributed by atoms with van der Waals surface area (Å²) in [6.07, 6.45) is 0. The van der Waals surface area contributed by atoms with Gasteiger partial charge in [-0.15, -0.1) is 0 Å². The van der Waals surface area contributed by atoms with Crippen molar-refractivity contribution in [2.75, 3.05) is 0 Å². The molecule has 0 aliphatic heterocycles. The summed E-state index contributed by atoms with van der Waals surface area (Å²) < 4.78 is 6.61. The van der Waals surface area contributed by atoms with Crippen LogP contribution in [0.5, 0.6) is 0 Å². The van der Waals surface area contributed by atoms with Crippen molar-refractivity contribution in [1.82, 2.24) is 19.9 Å². The van der Waals surface area contributed by atoms with Gasteiger partial charge < -0.3 is 4.42 Å². The zero-order chi connectivity index (χ0) is 36.3. The second kappa shape index (κ2) is 12.6. The Labute approximate surface area is 316 Å². The van der Waals surface area contributed by atoms with Crippen molar-refractivity contribution in [1.29, 1.82) is 0 Å². The monoisotopic (exact) mass is 702 g/mol. The highest BCUT2D eigenvalue weighted by Gasteiger charge is 2.20. The number of fused-ring (bicyclic) bond motifs is 8. The van der Waals surface area contributed by atoms with Gasteiger partial charge in [0.2, 0.25) is 0 Å². The summed E-state index contributed by atoms with van der Waals surface area (Å²) in [6, 6.07) is 62.8. The average molecular weight is 703 g/mol. The molecule has 0 unspecified atom stereocenters. The van der Waals surface area contributed by atoms with Crippen molar-refractivity contribution in [2.24, 2.45) is 0 Å². The molecule has 8 aromatic carbocycles. The number of hydrogen-bond acceptors (Lipinski definition) is 5. The molecule has 0 spiro atoms. The van der Waals surface area contributed by atoms with Crippen molar-refractivity contribution >= 4 is 54.4 Å². The van der Waals surface area contributed by atoms with Crippen molar-refractivity contribution in [3.63, 3.8) is 0 Å². The van der Waals surface area contributed by atoms with E-state index in [1.807, 2.05) is 72.8 Å². The van der Waals surface area contributed by atoms with Gasteiger partial charge in [0.1, 0.15) is 11.3 Å². The van der Waals surface area contributed by atoms with Crippen LogP contribution in [0.3, 0.4) is 0 Å². The third-order valence-corrected chi connectivity index (χ3v) is 10.5. The molecule has 0 N–H and O–H groups in total. The first-order valence-electron chi connectivity index (χ1n) is 18.4. The maximum absolute atomic E-state index is 6.61. The van der Waals surface area contributed by atoms with Gasteiger partial charge in [0.05, 0.1) is 5.52 Å². The number of hydrogen-bond donors (Lipinski definition) is 0. The number of furan rings is 1. The van der Waals surface area contributed by atoms with Crippen LogP contribution in [0.4, 0.5) is 0 Å². The van der Waals surface area contributed by atoms with E-state index < -0.39 is 0 Å². The minimum absolute atomic E-state index is 0.589. The first-order valence-corrected chi connectivity index (χ1v) is 18.4. The van der Waals surface area contributed by atoms with E-state index in [1.54, 1.807) is 0 Å². The van der Waals surface area contributed by atoms with Gasteiger partial charge in [-0.1, -0.05) is 152 Å². The predicted molar refractivity (Wildman–Crippen MR) is 225 cm³/mol. The van der Waals surface area contributed by atoms with Gasteiger partial charge in [0.15, 0.2) is 23.1 Å². The van der Waals surface area contributed by atoms with E-state index >= 15 is 0 Å². The maximum atomic E-state index is 6.61. The molecule has 0 fully saturated rings. The third kappa shape index (κ3) is 5.24. The topological polar surface area (TPSA) is 64.7 Å². The molecule has 11 rings (SSSR count). The van der Waals surface area contributed by atoms with Gasteiger partial charge in [0.25, 0.3) is 0 Å². The SMILES string of the molecule is c1ccc(-c2nc(-c3ccc(-c4cc5ccccc5c5ccccc45)cc3)nc(-c3ccc4oc5c(-c6ccccc6)nc6ccccc6c5c4c3)n2)cc1. The maximum Gasteiger partial charge on any atom is 0.164 e. The van der Waals surface area contributed by atoms with Crippen LogP contribution in [0.2, 0.25) is 0 Å². The second-order valence-electron chi connectivity index (χ2n) is 13.8. The number of pyridine rings is 1. The summed E-state index contributed by atoms with van der Waals surface area (Å²) in [5.74, 6) is 1.81. The van der Waals surface area contributed by atoms with Crippen molar-refractivity contribution < 1.29 is 4.42 Å². The molecule has 0 bridgehead atoms. The zero-order valence-corrected chi connectivity index (χ0v) is 29.5. The van der Waals surface area contributed by atoms with E-state index in [0.717, 1.165) is 66.4 Å². The number of benzene rings is 8. The second-order valence-corrected chi connectivity index (χ2v) is 13.8. The van der Waals surface area contributed by atoms with E-state index in [9.17, 15) is 0 Å². The first-order chi connectivity index (χ1) is 27.2. The number of aromatic nitrogens is 4. The minimum atomic E-state index is 0.589. The molecule has 0 saturated carbocycles. The van der Waals surface area contributed by atoms with E-state index in [2.05, 4.69) is 109 Å². The lowest BCUT2D eigenvalue weighted by Crippen LogP contribution is -2.00. The standard InChI is InChI=1S/C50H30N4O/c1-3-13-32(14-4-1)46-47-45(40-21-11-12-22-43(40)51-46)42-30-36(27-28-44(42)55-47)50-53-48(33-15-5-2-6-16-33)52-49(54-50)34-25-23-31(24-26-34)41-29-35-17-7-8-18-37(35)38-19-9-10-20-39(38)41/h1-30H. The quantitative estimate of drug-likeness (QED) is 0.167. The lowest BCUT2D eigenvalue weighted by molar-refractivity contribution is 0.669. The Bertz CT molecular complexity index is 3250. The van der Waals surface area contributed by atoms with Gasteiger partial charge in [-0.2, -0.15) is 0 Å². The summed E-state index contributed by atoms with van der Waals surface area (Å²) in [6.45, 7) is 0. The molecule has 0 radical (unpaired) electrons. The number of para-hydroxylation sites is 1. The summed E-state index contributed by atoms with van der Waals surface area (Å²) >= 11 is 0. The molecule has 0 saturated heterocycles. The first kappa shape index (κ1) is 31.1. The van der Waals surface area contributed by atoms with Gasteiger partial charge in [0, 0.05) is 38.4 Å². The van der Waals surface area contributed by atoms with Crippen LogP contribution >= 0.6 is 0 Å². The fourth-order valence-corrected chi connectivity index (χ4v) is 7.86. The highest BCUT2D eigenvalue weighted by Crippen LogP contribution is 2.41. The smallest absolute Gasteiger partial charge is 0.164 e. The Kier molecular flexibility index (Phi) is 7.10. The molecule has 0 aliphatic carbocycles. The molecule has 5 nitrogen and oxygen atoms in total. The Morgan fingerprint density at radius 2 is 0.891 bits per heavy atom. The third-order valence-electron chi connectivity index (χ3n) is 10.5. The lowest BCUT2D eigenvalue weighted by atomic mass is 9.93. The van der Waals surface area contributed by atoms with Crippen molar-refractivity contribution in [3.8, 4) is 56.5 Å². The fraction of sp³-hybridized carbons (Fsp3) is 0. The van der Waals surface area contributed by atoms with E-state index in [4.69, 9.17) is 24.4 Å². The molecule has 0 atom stereocenters. The molecule has 3 aromatic heterocycles. The van der Waals surface area contributed by atoms with Gasteiger partial charge >= 0.3 is 0 Å². The Balaban J connectivity index is 1.07. The van der Waals surface area contributed by atoms with Gasteiger partial charge in [-0.05, 0) is 63.0 Å². The fourth-order valence-electron chi connectivity index (χ4n) is 7.86. The molecule has 11 aromatic rings. The van der Waals surface area contributed by atoms with Crippen LogP contribution in [0.1, 0.15) is 0 Å². The Morgan fingerprint density at radius 1 is 0.345 bits per heavy atom. The Morgan fingerprint density at radius 3 is 1.64 bits per heavy atom. The van der Waals surface area contributed by atoms with E-state index in [1.165, 1.54) is 27.1 Å². The van der Waals surface area contributed by atoms with E-state index in [0.29, 0.717) is 17.5 Å². The molecular formula is C50H30N4O. The normalized spacial score (nSPS) is 11.6. The van der Waals surface area contributed by atoms with Crippen LogP contribution in [-0.2, 0) is 0 Å². The summed E-state index contributed by atoms with van der Waals surface area (Å²) in [7, 11) is 0. The number of rotatable bonds is 5. The average Bonchev–Trinajstić information content (AvgIpc) is 3.66. The summed E-state index contributed by atoms with van der Waals surface area (Å²) in [4.78, 5) is 20.3. The molecule has 0 amide bonds. The highest BCUT2D eigenvalue weighted by molar-refractivity contribution is 6.21.